The van der Waals surface area contributed by atoms with Gasteiger partial charge in [-0.25, -0.2) is 4.98 Å². The molecule has 0 fully saturated rings. The van der Waals surface area contributed by atoms with Crippen molar-refractivity contribution in [2.45, 2.75) is 26.8 Å². The second-order valence-corrected chi connectivity index (χ2v) is 7.83. The largest absolute Gasteiger partial charge is 0.325 e. The zero-order valence-corrected chi connectivity index (χ0v) is 17.1. The number of rotatable bonds is 5. The number of aromatic nitrogens is 2. The number of fused-ring (bicyclic) bond motifs is 1. The predicted molar refractivity (Wildman–Crippen MR) is 119 cm³/mol. The zero-order valence-electron chi connectivity index (χ0n) is 16.3. The molecule has 1 amide bonds. The standard InChI is InChI=1S/C23H21N3O2S/c1-3-16-7-9-17(10-8-16)19-13-29-22-21(19)23(28)26(14-24-22)12-20(27)25-18-6-4-5-15(2)11-18/h4-11,13-14H,3,12H2,1-2H3,(H,25,27). The molecule has 5 nitrogen and oxygen atoms in total. The van der Waals surface area contributed by atoms with Gasteiger partial charge >= 0.3 is 0 Å². The van der Waals surface area contributed by atoms with Gasteiger partial charge in [0.1, 0.15) is 11.4 Å². The number of anilines is 1. The van der Waals surface area contributed by atoms with E-state index in [1.165, 1.54) is 27.8 Å². The van der Waals surface area contributed by atoms with Crippen molar-refractivity contribution in [3.05, 3.63) is 81.7 Å². The van der Waals surface area contributed by atoms with Crippen LogP contribution in [-0.4, -0.2) is 15.5 Å². The van der Waals surface area contributed by atoms with E-state index in [0.29, 0.717) is 15.9 Å². The van der Waals surface area contributed by atoms with E-state index in [4.69, 9.17) is 0 Å². The first-order valence-electron chi connectivity index (χ1n) is 9.47. The van der Waals surface area contributed by atoms with Gasteiger partial charge in [-0.05, 0) is 42.2 Å². The van der Waals surface area contributed by atoms with Gasteiger partial charge in [-0.2, -0.15) is 0 Å². The molecular formula is C23H21N3O2S. The Morgan fingerprint density at radius 2 is 1.97 bits per heavy atom. The highest BCUT2D eigenvalue weighted by molar-refractivity contribution is 7.17. The molecule has 1 N–H and O–H groups in total. The molecule has 146 valence electrons. The fourth-order valence-corrected chi connectivity index (χ4v) is 4.20. The molecule has 0 spiro atoms. The molecule has 2 heterocycles. The van der Waals surface area contributed by atoms with Crippen molar-refractivity contribution < 1.29 is 4.79 Å². The second-order valence-electron chi connectivity index (χ2n) is 6.98. The van der Waals surface area contributed by atoms with Gasteiger partial charge in [0.25, 0.3) is 5.56 Å². The number of carbonyl (C=O) groups is 1. The first-order chi connectivity index (χ1) is 14.0. The van der Waals surface area contributed by atoms with Crippen LogP contribution in [0.4, 0.5) is 5.69 Å². The lowest BCUT2D eigenvalue weighted by atomic mass is 10.0. The van der Waals surface area contributed by atoms with Crippen molar-refractivity contribution in [2.24, 2.45) is 0 Å². The van der Waals surface area contributed by atoms with Crippen LogP contribution in [0.25, 0.3) is 21.3 Å². The van der Waals surface area contributed by atoms with Crippen molar-refractivity contribution >= 4 is 33.1 Å². The molecule has 2 aromatic heterocycles. The highest BCUT2D eigenvalue weighted by Gasteiger charge is 2.15. The van der Waals surface area contributed by atoms with Gasteiger partial charge in [-0.3, -0.25) is 14.2 Å². The van der Waals surface area contributed by atoms with Crippen LogP contribution in [-0.2, 0) is 17.8 Å². The maximum atomic E-state index is 13.1. The van der Waals surface area contributed by atoms with E-state index in [1.807, 2.05) is 48.7 Å². The van der Waals surface area contributed by atoms with Crippen LogP contribution in [0, 0.1) is 6.92 Å². The van der Waals surface area contributed by atoms with E-state index in [1.54, 1.807) is 0 Å². The summed E-state index contributed by atoms with van der Waals surface area (Å²) in [5.74, 6) is -0.261. The number of hydrogen-bond donors (Lipinski definition) is 1. The summed E-state index contributed by atoms with van der Waals surface area (Å²) in [5.41, 5.74) is 4.65. The lowest BCUT2D eigenvalue weighted by Gasteiger charge is -2.08. The Hall–Kier alpha value is -3.25. The van der Waals surface area contributed by atoms with E-state index in [2.05, 4.69) is 29.4 Å². The first kappa shape index (κ1) is 19.1. The van der Waals surface area contributed by atoms with E-state index in [0.717, 1.165) is 23.1 Å². The van der Waals surface area contributed by atoms with Crippen molar-refractivity contribution in [2.75, 3.05) is 5.32 Å². The smallest absolute Gasteiger partial charge is 0.263 e. The number of nitrogens with one attached hydrogen (secondary N) is 1. The number of nitrogens with zero attached hydrogens (tertiary/aromatic N) is 2. The normalized spacial score (nSPS) is 11.0. The summed E-state index contributed by atoms with van der Waals surface area (Å²) in [5, 5.41) is 5.35. The van der Waals surface area contributed by atoms with Crippen LogP contribution in [0.3, 0.4) is 0 Å². The van der Waals surface area contributed by atoms with Crippen LogP contribution in [0.2, 0.25) is 0 Å². The van der Waals surface area contributed by atoms with Gasteiger partial charge in [0, 0.05) is 16.6 Å². The molecule has 0 aliphatic rings. The topological polar surface area (TPSA) is 64.0 Å². The van der Waals surface area contributed by atoms with E-state index < -0.39 is 0 Å². The van der Waals surface area contributed by atoms with E-state index >= 15 is 0 Å². The van der Waals surface area contributed by atoms with Crippen molar-refractivity contribution in [1.29, 1.82) is 0 Å². The Kier molecular flexibility index (Phi) is 5.27. The maximum absolute atomic E-state index is 13.1. The summed E-state index contributed by atoms with van der Waals surface area (Å²) >= 11 is 1.44. The Morgan fingerprint density at radius 3 is 2.69 bits per heavy atom. The molecule has 0 aliphatic carbocycles. The van der Waals surface area contributed by atoms with E-state index in [-0.39, 0.29) is 18.0 Å². The number of benzene rings is 2. The molecule has 0 saturated carbocycles. The number of amides is 1. The monoisotopic (exact) mass is 403 g/mol. The lowest BCUT2D eigenvalue weighted by molar-refractivity contribution is -0.116. The fraction of sp³-hybridized carbons (Fsp3) is 0.174. The summed E-state index contributed by atoms with van der Waals surface area (Å²) in [6.07, 6.45) is 2.41. The van der Waals surface area contributed by atoms with Crippen molar-refractivity contribution in [1.82, 2.24) is 9.55 Å². The maximum Gasteiger partial charge on any atom is 0.263 e. The predicted octanol–water partition coefficient (Wildman–Crippen LogP) is 4.63. The molecule has 4 rings (SSSR count). The average Bonchev–Trinajstić information content (AvgIpc) is 3.15. The van der Waals surface area contributed by atoms with Crippen LogP contribution in [0.15, 0.2) is 65.0 Å². The number of carbonyl (C=O) groups excluding carboxylic acids is 1. The van der Waals surface area contributed by atoms with E-state index in [9.17, 15) is 9.59 Å². The summed E-state index contributed by atoms with van der Waals surface area (Å²) in [4.78, 5) is 30.6. The quantitative estimate of drug-likeness (QED) is 0.528. The molecular weight excluding hydrogens is 382 g/mol. The third kappa shape index (κ3) is 3.98. The SMILES string of the molecule is CCc1ccc(-c2csc3ncn(CC(=O)Nc4cccc(C)c4)c(=O)c23)cc1. The molecule has 0 unspecified atom stereocenters. The summed E-state index contributed by atoms with van der Waals surface area (Å²) in [6.45, 7) is 3.99. The van der Waals surface area contributed by atoms with Gasteiger partial charge in [0.15, 0.2) is 0 Å². The number of hydrogen-bond acceptors (Lipinski definition) is 4. The van der Waals surface area contributed by atoms with Gasteiger partial charge in [0.05, 0.1) is 11.7 Å². The summed E-state index contributed by atoms with van der Waals surface area (Å²) in [7, 11) is 0. The Morgan fingerprint density at radius 1 is 1.17 bits per heavy atom. The van der Waals surface area contributed by atoms with Gasteiger partial charge < -0.3 is 5.32 Å². The minimum Gasteiger partial charge on any atom is -0.325 e. The molecule has 0 atom stereocenters. The van der Waals surface area contributed by atoms with Crippen molar-refractivity contribution in [3.8, 4) is 11.1 Å². The third-order valence-electron chi connectivity index (χ3n) is 4.85. The fourth-order valence-electron chi connectivity index (χ4n) is 3.29. The number of thiophene rings is 1. The Balaban J connectivity index is 1.64. The highest BCUT2D eigenvalue weighted by atomic mass is 32.1. The molecule has 2 aromatic carbocycles. The molecule has 0 radical (unpaired) electrons. The Bertz CT molecular complexity index is 1240. The first-order valence-corrected chi connectivity index (χ1v) is 10.4. The third-order valence-corrected chi connectivity index (χ3v) is 5.74. The highest BCUT2D eigenvalue weighted by Crippen LogP contribution is 2.30. The van der Waals surface area contributed by atoms with Gasteiger partial charge in [-0.1, -0.05) is 43.3 Å². The molecule has 0 saturated heterocycles. The van der Waals surface area contributed by atoms with Crippen LogP contribution < -0.4 is 10.9 Å². The number of aryl methyl sites for hydroxylation is 2. The van der Waals surface area contributed by atoms with Crippen LogP contribution >= 0.6 is 11.3 Å². The molecule has 6 heteroatoms. The average molecular weight is 404 g/mol. The van der Waals surface area contributed by atoms with Crippen molar-refractivity contribution in [3.63, 3.8) is 0 Å². The lowest BCUT2D eigenvalue weighted by Crippen LogP contribution is -2.27. The minimum absolute atomic E-state index is 0.0836. The second kappa shape index (κ2) is 8.01. The molecule has 29 heavy (non-hydrogen) atoms. The molecule has 4 aromatic rings. The van der Waals surface area contributed by atoms with Gasteiger partial charge in [0.2, 0.25) is 5.91 Å². The summed E-state index contributed by atoms with van der Waals surface area (Å²) in [6, 6.07) is 15.8. The molecule has 0 bridgehead atoms. The van der Waals surface area contributed by atoms with Crippen LogP contribution in [0.5, 0.6) is 0 Å². The van der Waals surface area contributed by atoms with Crippen LogP contribution in [0.1, 0.15) is 18.1 Å². The summed E-state index contributed by atoms with van der Waals surface area (Å²) < 4.78 is 1.37. The Labute approximate surface area is 172 Å². The molecule has 0 aliphatic heterocycles. The minimum atomic E-state index is -0.261. The zero-order chi connectivity index (χ0) is 20.4. The van der Waals surface area contributed by atoms with Gasteiger partial charge in [-0.15, -0.1) is 11.3 Å².